The number of methoxy groups -OCH3 is 1. The number of rotatable bonds is 7. The van der Waals surface area contributed by atoms with Gasteiger partial charge in [-0.25, -0.2) is 0 Å². The van der Waals surface area contributed by atoms with Crippen LogP contribution < -0.4 is 4.74 Å². The molecule has 3 rings (SSSR count). The molecule has 0 amide bonds. The van der Waals surface area contributed by atoms with E-state index in [0.29, 0.717) is 18.8 Å². The molecule has 3 heteroatoms. The van der Waals surface area contributed by atoms with Gasteiger partial charge in [0.25, 0.3) is 0 Å². The molecule has 0 aromatic heterocycles. The number of allylic oxidation sites excluding steroid dienone is 1. The van der Waals surface area contributed by atoms with Crippen LogP contribution in [-0.2, 0) is 9.53 Å². The monoisotopic (exact) mass is 370 g/mol. The zero-order chi connectivity index (χ0) is 19.1. The Kier molecular flexibility index (Phi) is 7.37. The predicted octanol–water partition coefficient (Wildman–Crippen LogP) is 6.04. The molecule has 0 N–H and O–H groups in total. The van der Waals surface area contributed by atoms with Crippen molar-refractivity contribution in [2.45, 2.75) is 76.2 Å². The van der Waals surface area contributed by atoms with E-state index in [0.717, 1.165) is 30.4 Å². The molecule has 2 fully saturated rings. The van der Waals surface area contributed by atoms with Gasteiger partial charge < -0.3 is 9.47 Å². The molecule has 0 spiro atoms. The lowest BCUT2D eigenvalue weighted by atomic mass is 9.69. The fourth-order valence-electron chi connectivity index (χ4n) is 4.94. The summed E-state index contributed by atoms with van der Waals surface area (Å²) in [4.78, 5) is 11.8. The molecule has 0 radical (unpaired) electrons. The molecule has 0 aliphatic heterocycles. The summed E-state index contributed by atoms with van der Waals surface area (Å²) in [5, 5.41) is 0. The number of carbonyl (C=O) groups is 1. The highest BCUT2D eigenvalue weighted by Gasteiger charge is 2.32. The second kappa shape index (κ2) is 9.96. The Bertz CT molecular complexity index is 591. The van der Waals surface area contributed by atoms with Gasteiger partial charge in [-0.3, -0.25) is 4.79 Å². The summed E-state index contributed by atoms with van der Waals surface area (Å²) < 4.78 is 10.9. The van der Waals surface area contributed by atoms with Gasteiger partial charge in [0.05, 0.1) is 7.11 Å². The van der Waals surface area contributed by atoms with Gasteiger partial charge in [-0.15, -0.1) is 6.58 Å². The van der Waals surface area contributed by atoms with E-state index < -0.39 is 0 Å². The first-order chi connectivity index (χ1) is 13.2. The van der Waals surface area contributed by atoms with E-state index in [1.54, 1.807) is 13.2 Å². The molecule has 0 bridgehead atoms. The molecule has 2 saturated carbocycles. The summed E-state index contributed by atoms with van der Waals surface area (Å²) >= 11 is 0. The van der Waals surface area contributed by atoms with E-state index in [4.69, 9.17) is 9.47 Å². The minimum Gasteiger partial charge on any atom is -0.497 e. The van der Waals surface area contributed by atoms with Gasteiger partial charge in [-0.1, -0.05) is 18.2 Å². The second-order valence-corrected chi connectivity index (χ2v) is 8.24. The van der Waals surface area contributed by atoms with Gasteiger partial charge in [0.15, 0.2) is 0 Å². The highest BCUT2D eigenvalue weighted by molar-refractivity contribution is 5.69. The summed E-state index contributed by atoms with van der Waals surface area (Å²) in [6, 6.07) is 8.63. The smallest absolute Gasteiger partial charge is 0.306 e. The molecule has 0 saturated heterocycles. The number of esters is 1. The van der Waals surface area contributed by atoms with E-state index >= 15 is 0 Å². The average Bonchev–Trinajstić information content (AvgIpc) is 2.73. The number of carbonyl (C=O) groups excluding carboxylic acids is 1. The Labute approximate surface area is 164 Å². The number of hydrogen-bond acceptors (Lipinski definition) is 3. The second-order valence-electron chi connectivity index (χ2n) is 8.24. The van der Waals surface area contributed by atoms with E-state index in [2.05, 4.69) is 30.8 Å². The zero-order valence-electron chi connectivity index (χ0n) is 16.7. The molecule has 3 nitrogen and oxygen atoms in total. The quantitative estimate of drug-likeness (QED) is 0.434. The summed E-state index contributed by atoms with van der Waals surface area (Å²) in [6.07, 6.45) is 12.9. The van der Waals surface area contributed by atoms with Gasteiger partial charge in [-0.2, -0.15) is 0 Å². The molecular formula is C24H34O3. The SMILES string of the molecule is C=CCCC(=O)O[C@H]1CC[C@H]([C@H]2CC[C@H](c3ccc(OC)cc3)CC2)CC1. The topological polar surface area (TPSA) is 35.5 Å². The van der Waals surface area contributed by atoms with Crippen LogP contribution in [0.3, 0.4) is 0 Å². The van der Waals surface area contributed by atoms with Crippen molar-refractivity contribution in [3.8, 4) is 5.75 Å². The first kappa shape index (κ1) is 20.0. The van der Waals surface area contributed by atoms with Crippen molar-refractivity contribution >= 4 is 5.97 Å². The van der Waals surface area contributed by atoms with Crippen molar-refractivity contribution < 1.29 is 14.3 Å². The fraction of sp³-hybridized carbons (Fsp3) is 0.625. The first-order valence-corrected chi connectivity index (χ1v) is 10.6. The summed E-state index contributed by atoms with van der Waals surface area (Å²) in [6.45, 7) is 3.66. The minimum atomic E-state index is -0.0571. The third-order valence-corrected chi connectivity index (χ3v) is 6.60. The van der Waals surface area contributed by atoms with E-state index in [1.165, 1.54) is 44.1 Å². The molecule has 27 heavy (non-hydrogen) atoms. The lowest BCUT2D eigenvalue weighted by Gasteiger charge is -2.37. The molecule has 2 aliphatic carbocycles. The number of benzene rings is 1. The van der Waals surface area contributed by atoms with Crippen LogP contribution in [0.15, 0.2) is 36.9 Å². The first-order valence-electron chi connectivity index (χ1n) is 10.6. The molecule has 0 unspecified atom stereocenters. The van der Waals surface area contributed by atoms with E-state index in [-0.39, 0.29) is 12.1 Å². The standard InChI is InChI=1S/C24H34O3/c1-3-4-5-24(25)27-23-16-12-21(13-17-23)19-8-6-18(7-9-19)20-10-14-22(26-2)15-11-20/h3,10-11,14-15,18-19,21,23H,1,4-9,12-13,16-17H2,2H3/t18-,19-,21-,23-. The third kappa shape index (κ3) is 5.60. The van der Waals surface area contributed by atoms with Crippen LogP contribution >= 0.6 is 0 Å². The Hall–Kier alpha value is -1.77. The van der Waals surface area contributed by atoms with E-state index in [9.17, 15) is 4.79 Å². The van der Waals surface area contributed by atoms with Crippen molar-refractivity contribution in [2.75, 3.05) is 7.11 Å². The normalized spacial score (nSPS) is 28.3. The Balaban J connectivity index is 1.40. The van der Waals surface area contributed by atoms with Crippen molar-refractivity contribution in [1.82, 2.24) is 0 Å². The van der Waals surface area contributed by atoms with Gasteiger partial charge in [0.2, 0.25) is 0 Å². The summed E-state index contributed by atoms with van der Waals surface area (Å²) in [7, 11) is 1.72. The van der Waals surface area contributed by atoms with Crippen molar-refractivity contribution in [2.24, 2.45) is 11.8 Å². The molecule has 0 heterocycles. The van der Waals surface area contributed by atoms with Gasteiger partial charge in [0, 0.05) is 6.42 Å². The van der Waals surface area contributed by atoms with Gasteiger partial charge >= 0.3 is 5.97 Å². The predicted molar refractivity (Wildman–Crippen MR) is 109 cm³/mol. The maximum absolute atomic E-state index is 11.8. The molecule has 0 atom stereocenters. The van der Waals surface area contributed by atoms with Crippen molar-refractivity contribution in [1.29, 1.82) is 0 Å². The van der Waals surface area contributed by atoms with Crippen LogP contribution in [0.4, 0.5) is 0 Å². The molecular weight excluding hydrogens is 336 g/mol. The third-order valence-electron chi connectivity index (χ3n) is 6.60. The Morgan fingerprint density at radius 1 is 1.00 bits per heavy atom. The Morgan fingerprint density at radius 3 is 2.15 bits per heavy atom. The molecule has 1 aromatic carbocycles. The van der Waals surface area contributed by atoms with Crippen LogP contribution in [0.2, 0.25) is 0 Å². The minimum absolute atomic E-state index is 0.0571. The fourth-order valence-corrected chi connectivity index (χ4v) is 4.94. The lowest BCUT2D eigenvalue weighted by molar-refractivity contribution is -0.151. The lowest BCUT2D eigenvalue weighted by Crippen LogP contribution is -2.29. The Morgan fingerprint density at radius 2 is 1.59 bits per heavy atom. The molecule has 148 valence electrons. The van der Waals surface area contributed by atoms with Crippen LogP contribution in [0, 0.1) is 11.8 Å². The number of ether oxygens (including phenoxy) is 2. The van der Waals surface area contributed by atoms with Crippen LogP contribution in [-0.4, -0.2) is 19.2 Å². The molecule has 1 aromatic rings. The number of hydrogen-bond donors (Lipinski definition) is 0. The van der Waals surface area contributed by atoms with Crippen LogP contribution in [0.1, 0.15) is 75.7 Å². The summed E-state index contributed by atoms with van der Waals surface area (Å²) in [5.41, 5.74) is 1.46. The van der Waals surface area contributed by atoms with Gasteiger partial charge in [-0.05, 0) is 93.2 Å². The zero-order valence-corrected chi connectivity index (χ0v) is 16.7. The highest BCUT2D eigenvalue weighted by atomic mass is 16.5. The maximum atomic E-state index is 11.8. The highest BCUT2D eigenvalue weighted by Crippen LogP contribution is 2.43. The largest absolute Gasteiger partial charge is 0.497 e. The average molecular weight is 371 g/mol. The summed E-state index contributed by atoms with van der Waals surface area (Å²) in [5.74, 6) is 3.27. The van der Waals surface area contributed by atoms with Crippen LogP contribution in [0.25, 0.3) is 0 Å². The van der Waals surface area contributed by atoms with E-state index in [1.807, 2.05) is 0 Å². The van der Waals surface area contributed by atoms with Crippen molar-refractivity contribution in [3.05, 3.63) is 42.5 Å². The maximum Gasteiger partial charge on any atom is 0.306 e. The van der Waals surface area contributed by atoms with Gasteiger partial charge in [0.1, 0.15) is 11.9 Å². The van der Waals surface area contributed by atoms with Crippen LogP contribution in [0.5, 0.6) is 5.75 Å². The van der Waals surface area contributed by atoms with Crippen molar-refractivity contribution in [3.63, 3.8) is 0 Å². The molecule has 2 aliphatic rings.